The molecule has 0 spiro atoms. The van der Waals surface area contributed by atoms with Gasteiger partial charge in [-0.2, -0.15) is 0 Å². The van der Waals surface area contributed by atoms with Crippen molar-refractivity contribution in [3.05, 3.63) is 23.8 Å². The maximum Gasteiger partial charge on any atom is 0.326 e. The van der Waals surface area contributed by atoms with Gasteiger partial charge < -0.3 is 20.1 Å². The van der Waals surface area contributed by atoms with E-state index in [1.807, 2.05) is 0 Å². The molecule has 8 heteroatoms. The Balaban J connectivity index is 1.87. The molecule has 1 aliphatic carbocycles. The highest BCUT2D eigenvalue weighted by molar-refractivity contribution is 6.10. The highest BCUT2D eigenvalue weighted by Gasteiger charge is 2.52. The van der Waals surface area contributed by atoms with Crippen LogP contribution in [0.3, 0.4) is 0 Å². The van der Waals surface area contributed by atoms with Crippen molar-refractivity contribution in [3.8, 4) is 11.5 Å². The van der Waals surface area contributed by atoms with Crippen LogP contribution in [-0.4, -0.2) is 49.0 Å². The molecule has 26 heavy (non-hydrogen) atoms. The number of methoxy groups -OCH3 is 2. The average molecular weight is 361 g/mol. The number of urea groups is 1. The van der Waals surface area contributed by atoms with E-state index in [2.05, 4.69) is 10.6 Å². The van der Waals surface area contributed by atoms with Crippen LogP contribution in [-0.2, 0) is 15.1 Å². The van der Waals surface area contributed by atoms with Crippen LogP contribution in [0.25, 0.3) is 0 Å². The summed E-state index contributed by atoms with van der Waals surface area (Å²) in [5.74, 6) is 0.164. The molecular weight excluding hydrogens is 338 g/mol. The lowest BCUT2D eigenvalue weighted by atomic mass is 9.91. The van der Waals surface area contributed by atoms with Gasteiger partial charge in [0.2, 0.25) is 5.91 Å². The Morgan fingerprint density at radius 2 is 1.92 bits per heavy atom. The summed E-state index contributed by atoms with van der Waals surface area (Å²) in [6.07, 6.45) is 1.87. The second-order valence-corrected chi connectivity index (χ2v) is 6.76. The normalized spacial score (nSPS) is 23.5. The number of amides is 4. The zero-order valence-electron chi connectivity index (χ0n) is 15.3. The van der Waals surface area contributed by atoms with Crippen LogP contribution in [0.1, 0.15) is 32.3 Å². The third kappa shape index (κ3) is 2.95. The van der Waals surface area contributed by atoms with Crippen molar-refractivity contribution >= 4 is 17.8 Å². The number of carbonyl (C=O) groups is 3. The molecule has 0 aromatic heterocycles. The number of ether oxygens (including phenoxy) is 2. The Morgan fingerprint density at radius 1 is 1.27 bits per heavy atom. The predicted octanol–water partition coefficient (Wildman–Crippen LogP) is 1.14. The van der Waals surface area contributed by atoms with Gasteiger partial charge in [-0.3, -0.25) is 9.59 Å². The molecule has 0 radical (unpaired) electrons. The highest BCUT2D eigenvalue weighted by Crippen LogP contribution is 2.36. The summed E-state index contributed by atoms with van der Waals surface area (Å²) in [5.41, 5.74) is -0.740. The standard InChI is InChI=1S/C18H23N3O5/c1-10(15(22)19-12-6-7-12)21-16(23)18(2,20-17(21)24)11-5-8-13(25-3)14(9-11)26-4/h5,8-10,12H,6-7H2,1-4H3,(H,19,22)(H,20,24)/t10-,18+/m1/s1. The van der Waals surface area contributed by atoms with Gasteiger partial charge in [0.25, 0.3) is 5.91 Å². The van der Waals surface area contributed by atoms with Crippen molar-refractivity contribution in [1.82, 2.24) is 15.5 Å². The lowest BCUT2D eigenvalue weighted by Gasteiger charge is -2.25. The average Bonchev–Trinajstić information content (AvgIpc) is 3.40. The van der Waals surface area contributed by atoms with Crippen molar-refractivity contribution in [1.29, 1.82) is 0 Å². The van der Waals surface area contributed by atoms with E-state index >= 15 is 0 Å². The Labute approximate surface area is 151 Å². The van der Waals surface area contributed by atoms with E-state index in [0.717, 1.165) is 17.7 Å². The van der Waals surface area contributed by atoms with Gasteiger partial charge in [-0.15, -0.1) is 0 Å². The van der Waals surface area contributed by atoms with Crippen LogP contribution in [0.15, 0.2) is 18.2 Å². The van der Waals surface area contributed by atoms with Crippen LogP contribution < -0.4 is 20.1 Å². The van der Waals surface area contributed by atoms with E-state index in [-0.39, 0.29) is 11.9 Å². The Hall–Kier alpha value is -2.77. The van der Waals surface area contributed by atoms with E-state index in [9.17, 15) is 14.4 Å². The van der Waals surface area contributed by atoms with Gasteiger partial charge in [0.05, 0.1) is 14.2 Å². The topological polar surface area (TPSA) is 97.0 Å². The molecule has 0 unspecified atom stereocenters. The SMILES string of the molecule is COc1ccc([C@]2(C)NC(=O)N([C@H](C)C(=O)NC3CC3)C2=O)cc1OC. The van der Waals surface area contributed by atoms with Crippen molar-refractivity contribution in [2.24, 2.45) is 0 Å². The number of imide groups is 1. The van der Waals surface area contributed by atoms with Crippen LogP contribution in [0.4, 0.5) is 4.79 Å². The maximum absolute atomic E-state index is 13.0. The number of hydrogen-bond acceptors (Lipinski definition) is 5. The summed E-state index contributed by atoms with van der Waals surface area (Å²) in [7, 11) is 3.01. The fourth-order valence-corrected chi connectivity index (χ4v) is 3.02. The molecule has 2 fully saturated rings. The van der Waals surface area contributed by atoms with E-state index < -0.39 is 23.5 Å². The highest BCUT2D eigenvalue weighted by atomic mass is 16.5. The minimum atomic E-state index is -1.29. The van der Waals surface area contributed by atoms with Gasteiger partial charge in [-0.1, -0.05) is 6.07 Å². The summed E-state index contributed by atoms with van der Waals surface area (Å²) in [5, 5.41) is 5.52. The fraction of sp³-hybridized carbons (Fsp3) is 0.500. The second-order valence-electron chi connectivity index (χ2n) is 6.76. The first kappa shape index (κ1) is 18.0. The molecule has 2 N–H and O–H groups in total. The Morgan fingerprint density at radius 3 is 2.50 bits per heavy atom. The number of carbonyl (C=O) groups excluding carboxylic acids is 3. The quantitative estimate of drug-likeness (QED) is 0.741. The molecule has 1 saturated heterocycles. The van der Waals surface area contributed by atoms with Crippen molar-refractivity contribution in [2.45, 2.75) is 44.3 Å². The van der Waals surface area contributed by atoms with Gasteiger partial charge in [-0.05, 0) is 44.4 Å². The summed E-state index contributed by atoms with van der Waals surface area (Å²) in [4.78, 5) is 38.7. The first-order chi connectivity index (χ1) is 12.3. The Bertz CT molecular complexity index is 761. The second kappa shape index (κ2) is 6.51. The third-order valence-corrected chi connectivity index (χ3v) is 4.87. The molecule has 140 valence electrons. The Kier molecular flexibility index (Phi) is 4.52. The van der Waals surface area contributed by atoms with Crippen molar-refractivity contribution in [2.75, 3.05) is 14.2 Å². The van der Waals surface area contributed by atoms with Crippen LogP contribution >= 0.6 is 0 Å². The summed E-state index contributed by atoms with van der Waals surface area (Å²) in [6.45, 7) is 3.16. The summed E-state index contributed by atoms with van der Waals surface area (Å²) in [6, 6.07) is 3.69. The largest absolute Gasteiger partial charge is 0.493 e. The molecule has 3 rings (SSSR count). The van der Waals surface area contributed by atoms with Gasteiger partial charge in [0, 0.05) is 6.04 Å². The first-order valence-electron chi connectivity index (χ1n) is 8.50. The third-order valence-electron chi connectivity index (χ3n) is 4.87. The van der Waals surface area contributed by atoms with Gasteiger partial charge in [0.15, 0.2) is 11.5 Å². The zero-order chi connectivity index (χ0) is 19.1. The molecule has 8 nitrogen and oxygen atoms in total. The monoisotopic (exact) mass is 361 g/mol. The van der Waals surface area contributed by atoms with Gasteiger partial charge in [-0.25, -0.2) is 9.69 Å². The van der Waals surface area contributed by atoms with E-state index in [4.69, 9.17) is 9.47 Å². The molecule has 1 aliphatic heterocycles. The molecule has 2 aliphatic rings. The molecule has 1 aromatic rings. The number of nitrogens with one attached hydrogen (secondary N) is 2. The van der Waals surface area contributed by atoms with Crippen molar-refractivity contribution < 1.29 is 23.9 Å². The smallest absolute Gasteiger partial charge is 0.326 e. The van der Waals surface area contributed by atoms with Gasteiger partial charge in [0.1, 0.15) is 11.6 Å². The van der Waals surface area contributed by atoms with Crippen molar-refractivity contribution in [3.63, 3.8) is 0 Å². The minimum Gasteiger partial charge on any atom is -0.493 e. The fourth-order valence-electron chi connectivity index (χ4n) is 3.02. The number of hydrogen-bond donors (Lipinski definition) is 2. The summed E-state index contributed by atoms with van der Waals surface area (Å²) < 4.78 is 10.5. The van der Waals surface area contributed by atoms with Crippen LogP contribution in [0, 0.1) is 0 Å². The molecule has 2 atom stereocenters. The zero-order valence-corrected chi connectivity index (χ0v) is 15.3. The molecule has 0 bridgehead atoms. The minimum absolute atomic E-state index is 0.156. The van der Waals surface area contributed by atoms with E-state index in [0.29, 0.717) is 17.1 Å². The number of benzene rings is 1. The molecule has 1 saturated carbocycles. The lowest BCUT2D eigenvalue weighted by Crippen LogP contribution is -2.49. The summed E-state index contributed by atoms with van der Waals surface area (Å²) >= 11 is 0. The number of nitrogens with zero attached hydrogens (tertiary/aromatic N) is 1. The predicted molar refractivity (Wildman–Crippen MR) is 92.9 cm³/mol. The maximum atomic E-state index is 13.0. The van der Waals surface area contributed by atoms with Gasteiger partial charge >= 0.3 is 6.03 Å². The lowest BCUT2D eigenvalue weighted by molar-refractivity contribution is -0.137. The van der Waals surface area contributed by atoms with Crippen LogP contribution in [0.2, 0.25) is 0 Å². The molecule has 4 amide bonds. The first-order valence-corrected chi connectivity index (χ1v) is 8.50. The van der Waals surface area contributed by atoms with E-state index in [1.54, 1.807) is 32.0 Å². The molecule has 1 aromatic carbocycles. The number of rotatable bonds is 6. The van der Waals surface area contributed by atoms with Crippen LogP contribution in [0.5, 0.6) is 11.5 Å². The molecular formula is C18H23N3O5. The molecule has 1 heterocycles. The van der Waals surface area contributed by atoms with E-state index in [1.165, 1.54) is 14.2 Å².